The van der Waals surface area contributed by atoms with E-state index in [4.69, 9.17) is 0 Å². The van der Waals surface area contributed by atoms with Gasteiger partial charge in [-0.3, -0.25) is 0 Å². The first kappa shape index (κ1) is 51.1. The fourth-order valence-electron chi connectivity index (χ4n) is 14.6. The number of fused-ring (bicyclic) bond motifs is 18. The maximum absolute atomic E-state index is 2.69. The van der Waals surface area contributed by atoms with Crippen molar-refractivity contribution in [3.8, 4) is 0 Å². The third-order valence-electron chi connectivity index (χ3n) is 19.5. The van der Waals surface area contributed by atoms with Crippen LogP contribution < -0.4 is 0 Å². The van der Waals surface area contributed by atoms with E-state index < -0.39 is 0 Å². The van der Waals surface area contributed by atoms with E-state index >= 15 is 0 Å². The van der Waals surface area contributed by atoms with Crippen LogP contribution in [0.5, 0.6) is 0 Å². The molecule has 0 fully saturated rings. The van der Waals surface area contributed by atoms with E-state index in [9.17, 15) is 0 Å². The third kappa shape index (κ3) is 7.52. The van der Waals surface area contributed by atoms with Crippen LogP contribution in [-0.2, 0) is 32.5 Å². The molecule has 12 aromatic carbocycles. The fourth-order valence-corrected chi connectivity index (χ4v) is 14.6. The van der Waals surface area contributed by atoms with Crippen LogP contribution in [0.2, 0.25) is 0 Å². The summed E-state index contributed by atoms with van der Waals surface area (Å²) < 4.78 is 0. The Morgan fingerprint density at radius 1 is 0.163 bits per heavy atom. The molecule has 12 aromatic rings. The quantitative estimate of drug-likeness (QED) is 0.133. The molecule has 0 heteroatoms. The van der Waals surface area contributed by atoms with Gasteiger partial charge in [-0.05, 0) is 269 Å². The standard InChI is InChI=1S/C80H80/c1-75(2,3)43-19-25-49-50-26-20-44(76(4,5)6)32-56(50)62-38-68-67(37-61(62)55(49)31-43)73-69-39-63-57-33-45(77(7,8)9)21-27-51(57)53-29-23-47(79(13,14)15)35-59(53)65(63)41-71(69)74(68)72-42-66-60-36-48(80(16,17)18)24-30-54(60)52-28-22-46(78(10,11)12)34-58(52)64(66)40-70(72)73/h19-42,73-74H,1-18H3. The summed E-state index contributed by atoms with van der Waals surface area (Å²) in [4.78, 5) is 0. The number of rotatable bonds is 0. The first-order chi connectivity index (χ1) is 37.4. The van der Waals surface area contributed by atoms with E-state index in [0.717, 1.165) is 0 Å². The zero-order valence-corrected chi connectivity index (χ0v) is 51.0. The molecule has 3 aliphatic carbocycles. The predicted molar refractivity (Wildman–Crippen MR) is 351 cm³/mol. The predicted octanol–water partition coefficient (Wildman–Crippen LogP) is 22.8. The van der Waals surface area contributed by atoms with E-state index in [1.807, 2.05) is 0 Å². The Kier molecular flexibility index (Phi) is 10.4. The summed E-state index contributed by atoms with van der Waals surface area (Å²) in [6.07, 6.45) is 0. The van der Waals surface area contributed by atoms with Crippen LogP contribution in [-0.4, -0.2) is 0 Å². The molecule has 3 aliphatic rings. The second-order valence-corrected chi connectivity index (χ2v) is 31.0. The van der Waals surface area contributed by atoms with Crippen LogP contribution in [0.15, 0.2) is 146 Å². The zero-order valence-electron chi connectivity index (χ0n) is 51.0. The lowest BCUT2D eigenvalue weighted by atomic mass is 9.59. The van der Waals surface area contributed by atoms with Gasteiger partial charge in [-0.2, -0.15) is 0 Å². The molecule has 0 radical (unpaired) electrons. The largest absolute Gasteiger partial charge is 0.0578 e. The van der Waals surface area contributed by atoms with Crippen molar-refractivity contribution in [2.75, 3.05) is 0 Å². The maximum atomic E-state index is 2.69. The highest BCUT2D eigenvalue weighted by Crippen LogP contribution is 2.60. The Bertz CT molecular complexity index is 3950. The van der Waals surface area contributed by atoms with Crippen LogP contribution in [0.25, 0.3) is 97.0 Å². The van der Waals surface area contributed by atoms with E-state index in [1.54, 1.807) is 0 Å². The van der Waals surface area contributed by atoms with Gasteiger partial charge in [-0.1, -0.05) is 197 Å². The molecular weight excluding hydrogens is 961 g/mol. The van der Waals surface area contributed by atoms with Crippen molar-refractivity contribution in [3.63, 3.8) is 0 Å². The molecule has 0 aromatic heterocycles. The molecule has 0 unspecified atom stereocenters. The summed E-state index contributed by atoms with van der Waals surface area (Å²) in [5.74, 6) is 0.0381. The molecule has 0 spiro atoms. The van der Waals surface area contributed by atoms with E-state index in [2.05, 4.69) is 270 Å². The lowest BCUT2D eigenvalue weighted by Gasteiger charge is -2.43. The van der Waals surface area contributed by atoms with Gasteiger partial charge in [0.15, 0.2) is 0 Å². The van der Waals surface area contributed by atoms with E-state index in [-0.39, 0.29) is 44.3 Å². The summed E-state index contributed by atoms with van der Waals surface area (Å²) in [5, 5.41) is 24.3. The molecule has 0 N–H and O–H groups in total. The highest BCUT2D eigenvalue weighted by Gasteiger charge is 2.43. The van der Waals surface area contributed by atoms with Gasteiger partial charge >= 0.3 is 0 Å². The normalized spacial score (nSPS) is 16.1. The van der Waals surface area contributed by atoms with Gasteiger partial charge in [0.25, 0.3) is 0 Å². The number of hydrogen-bond donors (Lipinski definition) is 0. The SMILES string of the molecule is CC(C)(C)c1ccc2c3ccc(C(C)(C)C)cc3c3cc4c(cc3c2c1)C1c2cc3c5cc(C(C)(C)C)ccc5c5ccc(C(C)(C)C)cc5c3cc2C4c2cc3c4cc(C(C)(C)C)ccc4c4ccc(C(C)(C)C)cc4c3cc21. The topological polar surface area (TPSA) is 0 Å². The van der Waals surface area contributed by atoms with Crippen molar-refractivity contribution in [3.05, 3.63) is 212 Å². The first-order valence-electron chi connectivity index (χ1n) is 29.9. The van der Waals surface area contributed by atoms with Gasteiger partial charge < -0.3 is 0 Å². The second kappa shape index (κ2) is 16.3. The molecule has 0 saturated heterocycles. The Labute approximate surface area is 475 Å². The van der Waals surface area contributed by atoms with Crippen LogP contribution in [0.4, 0.5) is 0 Å². The molecule has 80 heavy (non-hydrogen) atoms. The molecule has 0 saturated carbocycles. The van der Waals surface area contributed by atoms with Gasteiger partial charge in [0, 0.05) is 11.8 Å². The minimum absolute atomic E-state index is 0.000274. The van der Waals surface area contributed by atoms with Gasteiger partial charge in [0.2, 0.25) is 0 Å². The van der Waals surface area contributed by atoms with Gasteiger partial charge in [0.1, 0.15) is 0 Å². The molecule has 0 heterocycles. The summed E-state index contributed by atoms with van der Waals surface area (Å²) in [6, 6.07) is 60.3. The number of benzene rings is 12. The van der Waals surface area contributed by atoms with Crippen molar-refractivity contribution in [2.24, 2.45) is 0 Å². The van der Waals surface area contributed by atoms with Crippen LogP contribution in [0.1, 0.15) is 203 Å². The Morgan fingerprint density at radius 2 is 0.287 bits per heavy atom. The van der Waals surface area contributed by atoms with Crippen molar-refractivity contribution in [2.45, 2.75) is 169 Å². The van der Waals surface area contributed by atoms with Gasteiger partial charge in [0.05, 0.1) is 0 Å². The van der Waals surface area contributed by atoms with Crippen LogP contribution in [0.3, 0.4) is 0 Å². The third-order valence-corrected chi connectivity index (χ3v) is 19.5. The lowest BCUT2D eigenvalue weighted by molar-refractivity contribution is 0.591. The van der Waals surface area contributed by atoms with Gasteiger partial charge in [-0.15, -0.1) is 0 Å². The maximum Gasteiger partial charge on any atom is 0.0349 e. The minimum Gasteiger partial charge on any atom is -0.0578 e. The monoisotopic (exact) mass is 1040 g/mol. The molecule has 0 nitrogen and oxygen atoms in total. The fraction of sp³-hybridized carbons (Fsp3) is 0.325. The first-order valence-corrected chi connectivity index (χ1v) is 29.9. The van der Waals surface area contributed by atoms with Crippen molar-refractivity contribution in [1.82, 2.24) is 0 Å². The highest BCUT2D eigenvalue weighted by molar-refractivity contribution is 6.29. The van der Waals surface area contributed by atoms with Crippen molar-refractivity contribution >= 4 is 97.0 Å². The Hall–Kier alpha value is -7.02. The second-order valence-electron chi connectivity index (χ2n) is 31.0. The van der Waals surface area contributed by atoms with Crippen LogP contribution >= 0.6 is 0 Å². The molecule has 0 amide bonds. The molecule has 0 atom stereocenters. The molecule has 400 valence electrons. The summed E-state index contributed by atoms with van der Waals surface area (Å²) in [5.41, 5.74) is 17.0. The highest BCUT2D eigenvalue weighted by atomic mass is 14.5. The smallest absolute Gasteiger partial charge is 0.0349 e. The van der Waals surface area contributed by atoms with E-state index in [0.29, 0.717) is 0 Å². The molecule has 0 aliphatic heterocycles. The number of hydrogen-bond acceptors (Lipinski definition) is 0. The Balaban J connectivity index is 1.18. The summed E-state index contributed by atoms with van der Waals surface area (Å²) in [7, 11) is 0. The lowest BCUT2D eigenvalue weighted by Crippen LogP contribution is -2.27. The van der Waals surface area contributed by atoms with Crippen LogP contribution in [0, 0.1) is 0 Å². The van der Waals surface area contributed by atoms with E-state index in [1.165, 1.54) is 164 Å². The van der Waals surface area contributed by atoms with Crippen molar-refractivity contribution in [1.29, 1.82) is 0 Å². The zero-order chi connectivity index (χ0) is 56.4. The average Bonchev–Trinajstić information content (AvgIpc) is 3.04. The van der Waals surface area contributed by atoms with Crippen molar-refractivity contribution < 1.29 is 0 Å². The Morgan fingerprint density at radius 3 is 0.412 bits per heavy atom. The average molecular weight is 1040 g/mol. The molecule has 2 bridgehead atoms. The summed E-state index contributed by atoms with van der Waals surface area (Å²) >= 11 is 0. The molecule has 15 rings (SSSR count). The van der Waals surface area contributed by atoms with Gasteiger partial charge in [-0.25, -0.2) is 0 Å². The molecular formula is C80H80. The summed E-state index contributed by atoms with van der Waals surface area (Å²) in [6.45, 7) is 42.5. The minimum atomic E-state index is -0.000274.